The van der Waals surface area contributed by atoms with E-state index in [1.165, 1.54) is 33.3 Å². The molecule has 28 heavy (non-hydrogen) atoms. The first kappa shape index (κ1) is 19.5. The van der Waals surface area contributed by atoms with Crippen LogP contribution in [0.4, 0.5) is 4.39 Å². The Morgan fingerprint density at radius 3 is 2.75 bits per heavy atom. The summed E-state index contributed by atoms with van der Waals surface area (Å²) >= 11 is 1.64. The topological polar surface area (TPSA) is 71.4 Å². The van der Waals surface area contributed by atoms with Crippen molar-refractivity contribution in [2.75, 3.05) is 18.8 Å². The number of nitrogens with zero attached hydrogens (tertiary/aromatic N) is 2. The molecule has 150 valence electrons. The van der Waals surface area contributed by atoms with E-state index in [4.69, 9.17) is 0 Å². The van der Waals surface area contributed by atoms with Gasteiger partial charge >= 0.3 is 0 Å². The number of thioether (sulfide) groups is 1. The van der Waals surface area contributed by atoms with Crippen molar-refractivity contribution in [1.29, 1.82) is 0 Å². The smallest absolute Gasteiger partial charge is 0.268 e. The fourth-order valence-corrected chi connectivity index (χ4v) is 6.42. The van der Waals surface area contributed by atoms with Gasteiger partial charge in [-0.25, -0.2) is 12.8 Å². The molecule has 1 saturated heterocycles. The molecule has 1 aromatic carbocycles. The zero-order chi connectivity index (χ0) is 19.9. The van der Waals surface area contributed by atoms with Gasteiger partial charge in [0.05, 0.1) is 6.04 Å². The van der Waals surface area contributed by atoms with Crippen molar-refractivity contribution in [3.8, 4) is 0 Å². The summed E-state index contributed by atoms with van der Waals surface area (Å²) < 4.78 is 42.2. The standard InChI is InChI=1S/C19H22FN3O3S2/c1-22-12-14(28(25,26)23-7-2-3-8-23)11-17(22)19(24)21-16-6-9-27-18-5-4-13(20)10-15(16)18/h4-5,10-12,16H,2-3,6-9H2,1H3,(H,21,24)/t16-/m1/s1. The maximum absolute atomic E-state index is 13.7. The maximum Gasteiger partial charge on any atom is 0.268 e. The number of carbonyl (C=O) groups excluding carboxylic acids is 1. The first-order valence-corrected chi connectivity index (χ1v) is 11.7. The van der Waals surface area contributed by atoms with Crippen LogP contribution in [0.15, 0.2) is 40.3 Å². The van der Waals surface area contributed by atoms with Crippen molar-refractivity contribution in [3.63, 3.8) is 0 Å². The highest BCUT2D eigenvalue weighted by Gasteiger charge is 2.30. The number of aryl methyl sites for hydroxylation is 1. The van der Waals surface area contributed by atoms with Crippen molar-refractivity contribution in [1.82, 2.24) is 14.2 Å². The zero-order valence-electron chi connectivity index (χ0n) is 15.5. The molecule has 1 N–H and O–H groups in total. The second-order valence-corrected chi connectivity index (χ2v) is 10.2. The molecule has 0 saturated carbocycles. The van der Waals surface area contributed by atoms with Crippen LogP contribution in [0, 0.1) is 5.82 Å². The van der Waals surface area contributed by atoms with Gasteiger partial charge in [0.15, 0.2) is 0 Å². The minimum atomic E-state index is -3.58. The van der Waals surface area contributed by atoms with Crippen LogP contribution in [0.3, 0.4) is 0 Å². The third-order valence-electron chi connectivity index (χ3n) is 5.23. The van der Waals surface area contributed by atoms with Gasteiger partial charge < -0.3 is 9.88 Å². The summed E-state index contributed by atoms with van der Waals surface area (Å²) in [5.74, 6) is 0.126. The minimum absolute atomic E-state index is 0.132. The van der Waals surface area contributed by atoms with Crippen molar-refractivity contribution in [3.05, 3.63) is 47.5 Å². The quantitative estimate of drug-likeness (QED) is 0.821. The van der Waals surface area contributed by atoms with Gasteiger partial charge in [-0.3, -0.25) is 4.79 Å². The lowest BCUT2D eigenvalue weighted by molar-refractivity contribution is 0.0926. The average molecular weight is 424 g/mol. The molecule has 3 heterocycles. The van der Waals surface area contributed by atoms with Gasteiger partial charge in [-0.1, -0.05) is 0 Å². The molecule has 0 unspecified atom stereocenters. The van der Waals surface area contributed by atoms with Crippen molar-refractivity contribution >= 4 is 27.7 Å². The van der Waals surface area contributed by atoms with E-state index in [0.717, 1.165) is 29.1 Å². The summed E-state index contributed by atoms with van der Waals surface area (Å²) in [7, 11) is -1.93. The number of hydrogen-bond donors (Lipinski definition) is 1. The molecule has 2 aromatic rings. The normalized spacial score (nSPS) is 20.1. The molecule has 2 aliphatic rings. The number of aromatic nitrogens is 1. The van der Waals surface area contributed by atoms with Crippen LogP contribution < -0.4 is 5.32 Å². The number of hydrogen-bond acceptors (Lipinski definition) is 4. The Balaban J connectivity index is 1.57. The average Bonchev–Trinajstić information content (AvgIpc) is 3.32. The Hall–Kier alpha value is -1.84. The van der Waals surface area contributed by atoms with E-state index in [2.05, 4.69) is 5.32 Å². The van der Waals surface area contributed by atoms with E-state index in [1.54, 1.807) is 24.9 Å². The van der Waals surface area contributed by atoms with E-state index in [1.807, 2.05) is 0 Å². The molecular weight excluding hydrogens is 401 g/mol. The summed E-state index contributed by atoms with van der Waals surface area (Å²) in [6.07, 6.45) is 3.88. The van der Waals surface area contributed by atoms with E-state index < -0.39 is 10.0 Å². The van der Waals surface area contributed by atoms with Crippen LogP contribution in [-0.4, -0.2) is 42.0 Å². The number of rotatable bonds is 4. The molecule has 9 heteroatoms. The molecule has 2 aliphatic heterocycles. The van der Waals surface area contributed by atoms with Crippen molar-refractivity contribution in [2.24, 2.45) is 7.05 Å². The first-order valence-electron chi connectivity index (χ1n) is 9.26. The monoisotopic (exact) mass is 423 g/mol. The molecule has 1 amide bonds. The molecule has 0 bridgehead atoms. The summed E-state index contributed by atoms with van der Waals surface area (Å²) in [5, 5.41) is 2.95. The van der Waals surface area contributed by atoms with Gasteiger partial charge in [-0.2, -0.15) is 4.31 Å². The van der Waals surface area contributed by atoms with E-state index in [-0.39, 0.29) is 28.4 Å². The lowest BCUT2D eigenvalue weighted by Gasteiger charge is -2.26. The van der Waals surface area contributed by atoms with Gasteiger partial charge in [0.25, 0.3) is 5.91 Å². The molecule has 6 nitrogen and oxygen atoms in total. The number of carbonyl (C=O) groups is 1. The fraction of sp³-hybridized carbons (Fsp3) is 0.421. The molecule has 0 radical (unpaired) electrons. The molecule has 1 fully saturated rings. The fourth-order valence-electron chi connectivity index (χ4n) is 3.73. The Morgan fingerprint density at radius 2 is 2.00 bits per heavy atom. The lowest BCUT2D eigenvalue weighted by Crippen LogP contribution is -2.31. The predicted octanol–water partition coefficient (Wildman–Crippen LogP) is 2.92. The van der Waals surface area contributed by atoms with E-state index >= 15 is 0 Å². The van der Waals surface area contributed by atoms with Crippen LogP contribution in [0.1, 0.15) is 41.4 Å². The second kappa shape index (κ2) is 7.53. The highest BCUT2D eigenvalue weighted by atomic mass is 32.2. The molecule has 1 atom stereocenters. The third kappa shape index (κ3) is 3.58. The lowest BCUT2D eigenvalue weighted by atomic mass is 10.0. The summed E-state index contributed by atoms with van der Waals surface area (Å²) in [6, 6.07) is 5.74. The van der Waals surface area contributed by atoms with Gasteiger partial charge in [-0.15, -0.1) is 11.8 Å². The third-order valence-corrected chi connectivity index (χ3v) is 8.22. The number of benzene rings is 1. The second-order valence-electron chi connectivity index (χ2n) is 7.13. The van der Waals surface area contributed by atoms with Gasteiger partial charge in [0.1, 0.15) is 16.4 Å². The SMILES string of the molecule is Cn1cc(S(=O)(=O)N2CCCC2)cc1C(=O)N[C@@H]1CCSc2ccc(F)cc21. The summed E-state index contributed by atoms with van der Waals surface area (Å²) in [6.45, 7) is 1.03. The maximum atomic E-state index is 13.7. The molecule has 0 aliphatic carbocycles. The highest BCUT2D eigenvalue weighted by molar-refractivity contribution is 7.99. The van der Waals surface area contributed by atoms with Crippen LogP contribution in [-0.2, 0) is 17.1 Å². The van der Waals surface area contributed by atoms with Crippen LogP contribution >= 0.6 is 11.8 Å². The van der Waals surface area contributed by atoms with Gasteiger partial charge in [0.2, 0.25) is 10.0 Å². The summed E-state index contributed by atoms with van der Waals surface area (Å²) in [5.41, 5.74) is 1.04. The van der Waals surface area contributed by atoms with Crippen molar-refractivity contribution in [2.45, 2.75) is 35.1 Å². The number of sulfonamides is 1. The number of fused-ring (bicyclic) bond motifs is 1. The van der Waals surface area contributed by atoms with E-state index in [9.17, 15) is 17.6 Å². The summed E-state index contributed by atoms with van der Waals surface area (Å²) in [4.78, 5) is 13.9. The van der Waals surface area contributed by atoms with Gasteiger partial charge in [-0.05, 0) is 49.1 Å². The minimum Gasteiger partial charge on any atom is -0.345 e. The van der Waals surface area contributed by atoms with Gasteiger partial charge in [0, 0.05) is 37.0 Å². The Kier molecular flexibility index (Phi) is 5.24. The number of halogens is 1. The number of amides is 1. The predicted molar refractivity (Wildman–Crippen MR) is 105 cm³/mol. The first-order chi connectivity index (χ1) is 13.4. The van der Waals surface area contributed by atoms with E-state index in [0.29, 0.717) is 19.5 Å². The molecule has 4 rings (SSSR count). The Morgan fingerprint density at radius 1 is 1.25 bits per heavy atom. The molecule has 1 aromatic heterocycles. The Bertz CT molecular complexity index is 1010. The zero-order valence-corrected chi connectivity index (χ0v) is 17.2. The van der Waals surface area contributed by atoms with Crippen LogP contribution in [0.25, 0.3) is 0 Å². The largest absolute Gasteiger partial charge is 0.345 e. The Labute approximate surface area is 168 Å². The number of nitrogens with one attached hydrogen (secondary N) is 1. The van der Waals surface area contributed by atoms with Crippen LogP contribution in [0.2, 0.25) is 0 Å². The molecule has 0 spiro atoms. The highest BCUT2D eigenvalue weighted by Crippen LogP contribution is 2.36. The molecular formula is C19H22FN3O3S2. The van der Waals surface area contributed by atoms with Crippen molar-refractivity contribution < 1.29 is 17.6 Å². The van der Waals surface area contributed by atoms with Crippen LogP contribution in [0.5, 0.6) is 0 Å².